The van der Waals surface area contributed by atoms with Crippen molar-refractivity contribution >= 4 is 17.3 Å². The quantitative estimate of drug-likeness (QED) is 0.490. The van der Waals surface area contributed by atoms with E-state index in [1.54, 1.807) is 0 Å². The summed E-state index contributed by atoms with van der Waals surface area (Å²) in [5.41, 5.74) is -0.464. The Balaban J connectivity index is 2.42. The van der Waals surface area contributed by atoms with Crippen molar-refractivity contribution in [3.8, 4) is 11.6 Å². The van der Waals surface area contributed by atoms with Gasteiger partial charge in [0.05, 0.1) is 4.92 Å². The lowest BCUT2D eigenvalue weighted by Crippen LogP contribution is -1.96. The van der Waals surface area contributed by atoms with E-state index in [1.165, 1.54) is 6.07 Å². The van der Waals surface area contributed by atoms with Crippen LogP contribution in [-0.2, 0) is 0 Å². The van der Waals surface area contributed by atoms with Crippen LogP contribution in [0.2, 0.25) is 5.15 Å². The molecule has 0 aliphatic heterocycles. The molecule has 1 aromatic carbocycles. The molecular weight excluding hydrogens is 282 g/mol. The zero-order valence-corrected chi connectivity index (χ0v) is 9.90. The lowest BCUT2D eigenvalue weighted by molar-refractivity contribution is -0.386. The summed E-state index contributed by atoms with van der Waals surface area (Å²) in [6.07, 6.45) is 0. The SMILES string of the molecule is O=[N+]([O-])c1ccc(Cl)nc1Oc1cc(F)cc(F)c1. The lowest BCUT2D eigenvalue weighted by atomic mass is 10.3. The minimum Gasteiger partial charge on any atom is -0.433 e. The van der Waals surface area contributed by atoms with Gasteiger partial charge < -0.3 is 4.74 Å². The third kappa shape index (κ3) is 3.14. The largest absolute Gasteiger partial charge is 0.433 e. The Kier molecular flexibility index (Phi) is 3.57. The van der Waals surface area contributed by atoms with E-state index in [0.717, 1.165) is 18.2 Å². The number of benzene rings is 1. The highest BCUT2D eigenvalue weighted by Gasteiger charge is 2.18. The smallest absolute Gasteiger partial charge is 0.331 e. The average Bonchev–Trinajstić information content (AvgIpc) is 2.26. The molecule has 0 radical (unpaired) electrons. The number of nitrogens with zero attached hydrogens (tertiary/aromatic N) is 2. The van der Waals surface area contributed by atoms with Crippen molar-refractivity contribution in [3.63, 3.8) is 0 Å². The molecule has 0 atom stereocenters. The van der Waals surface area contributed by atoms with Gasteiger partial charge in [0.1, 0.15) is 22.5 Å². The van der Waals surface area contributed by atoms with Crippen molar-refractivity contribution < 1.29 is 18.4 Å². The van der Waals surface area contributed by atoms with Crippen LogP contribution in [0.5, 0.6) is 11.6 Å². The summed E-state index contributed by atoms with van der Waals surface area (Å²) in [5.74, 6) is -2.45. The molecule has 1 heterocycles. The van der Waals surface area contributed by atoms with Gasteiger partial charge >= 0.3 is 11.6 Å². The molecule has 8 heteroatoms. The zero-order valence-electron chi connectivity index (χ0n) is 9.14. The van der Waals surface area contributed by atoms with Crippen LogP contribution in [0.4, 0.5) is 14.5 Å². The maximum atomic E-state index is 13.0. The van der Waals surface area contributed by atoms with Crippen molar-refractivity contribution in [3.05, 3.63) is 57.2 Å². The Labute approximate surface area is 110 Å². The molecule has 0 spiro atoms. The number of rotatable bonds is 3. The monoisotopic (exact) mass is 286 g/mol. The summed E-state index contributed by atoms with van der Waals surface area (Å²) >= 11 is 5.59. The number of pyridine rings is 1. The van der Waals surface area contributed by atoms with E-state index >= 15 is 0 Å². The van der Waals surface area contributed by atoms with E-state index in [-0.39, 0.29) is 10.9 Å². The van der Waals surface area contributed by atoms with Gasteiger partial charge in [-0.05, 0) is 6.07 Å². The lowest BCUT2D eigenvalue weighted by Gasteiger charge is -2.05. The van der Waals surface area contributed by atoms with Gasteiger partial charge in [-0.2, -0.15) is 4.98 Å². The van der Waals surface area contributed by atoms with Crippen LogP contribution in [0, 0.1) is 21.7 Å². The number of aromatic nitrogens is 1. The Hall–Kier alpha value is -2.28. The highest BCUT2D eigenvalue weighted by Crippen LogP contribution is 2.31. The first-order chi connectivity index (χ1) is 8.95. The Morgan fingerprint density at radius 3 is 2.42 bits per heavy atom. The molecule has 2 aromatic rings. The molecule has 0 bridgehead atoms. The van der Waals surface area contributed by atoms with E-state index in [9.17, 15) is 18.9 Å². The Morgan fingerprint density at radius 1 is 1.21 bits per heavy atom. The number of hydrogen-bond donors (Lipinski definition) is 0. The van der Waals surface area contributed by atoms with Gasteiger partial charge in [0, 0.05) is 24.3 Å². The van der Waals surface area contributed by atoms with Crippen LogP contribution in [-0.4, -0.2) is 9.91 Å². The van der Waals surface area contributed by atoms with Crippen molar-refractivity contribution in [2.45, 2.75) is 0 Å². The average molecular weight is 287 g/mol. The van der Waals surface area contributed by atoms with Gasteiger partial charge in [0.15, 0.2) is 0 Å². The normalized spacial score (nSPS) is 10.3. The van der Waals surface area contributed by atoms with Crippen LogP contribution >= 0.6 is 11.6 Å². The van der Waals surface area contributed by atoms with E-state index < -0.39 is 28.1 Å². The fourth-order valence-electron chi connectivity index (χ4n) is 1.32. The second kappa shape index (κ2) is 5.15. The van der Waals surface area contributed by atoms with Gasteiger partial charge in [-0.15, -0.1) is 0 Å². The summed E-state index contributed by atoms with van der Waals surface area (Å²) in [7, 11) is 0. The van der Waals surface area contributed by atoms with E-state index in [0.29, 0.717) is 6.07 Å². The predicted molar refractivity (Wildman–Crippen MR) is 62.3 cm³/mol. The van der Waals surface area contributed by atoms with Crippen LogP contribution in [0.1, 0.15) is 0 Å². The summed E-state index contributed by atoms with van der Waals surface area (Å²) in [6.45, 7) is 0. The third-order valence-corrected chi connectivity index (χ3v) is 2.26. The van der Waals surface area contributed by atoms with Crippen LogP contribution in [0.15, 0.2) is 30.3 Å². The molecule has 0 amide bonds. The first-order valence-corrected chi connectivity index (χ1v) is 5.28. The molecule has 1 aromatic heterocycles. The van der Waals surface area contributed by atoms with Crippen molar-refractivity contribution in [2.75, 3.05) is 0 Å². The number of hydrogen-bond acceptors (Lipinski definition) is 4. The maximum absolute atomic E-state index is 13.0. The fraction of sp³-hybridized carbons (Fsp3) is 0. The number of halogens is 3. The molecule has 0 N–H and O–H groups in total. The zero-order chi connectivity index (χ0) is 14.0. The molecule has 5 nitrogen and oxygen atoms in total. The summed E-state index contributed by atoms with van der Waals surface area (Å²) in [5, 5.41) is 10.7. The Bertz CT molecular complexity index is 632. The van der Waals surface area contributed by atoms with E-state index in [4.69, 9.17) is 16.3 Å². The molecule has 0 aliphatic rings. The van der Waals surface area contributed by atoms with Crippen molar-refractivity contribution in [1.29, 1.82) is 0 Å². The van der Waals surface area contributed by atoms with E-state index in [1.807, 2.05) is 0 Å². The standard InChI is InChI=1S/C11H5ClF2N2O3/c12-10-2-1-9(16(17)18)11(15-10)19-8-4-6(13)3-7(14)5-8/h1-5H. The highest BCUT2D eigenvalue weighted by molar-refractivity contribution is 6.29. The number of nitro groups is 1. The summed E-state index contributed by atoms with van der Waals surface area (Å²) < 4.78 is 30.9. The Morgan fingerprint density at radius 2 is 1.84 bits per heavy atom. The maximum Gasteiger partial charge on any atom is 0.331 e. The second-order valence-electron chi connectivity index (χ2n) is 3.42. The molecule has 0 saturated carbocycles. The third-order valence-electron chi connectivity index (χ3n) is 2.05. The van der Waals surface area contributed by atoms with Gasteiger partial charge in [-0.25, -0.2) is 8.78 Å². The summed E-state index contributed by atoms with van der Waals surface area (Å²) in [6, 6.07) is 4.68. The fourth-order valence-corrected chi connectivity index (χ4v) is 1.46. The van der Waals surface area contributed by atoms with Gasteiger partial charge in [-0.1, -0.05) is 11.6 Å². The molecule has 0 aliphatic carbocycles. The highest BCUT2D eigenvalue weighted by atomic mass is 35.5. The molecule has 0 saturated heterocycles. The first-order valence-electron chi connectivity index (χ1n) is 4.90. The van der Waals surface area contributed by atoms with Gasteiger partial charge in [0.25, 0.3) is 0 Å². The van der Waals surface area contributed by atoms with Crippen molar-refractivity contribution in [1.82, 2.24) is 4.98 Å². The van der Waals surface area contributed by atoms with Crippen LogP contribution in [0.3, 0.4) is 0 Å². The molecule has 2 rings (SSSR count). The number of ether oxygens (including phenoxy) is 1. The molecule has 0 unspecified atom stereocenters. The topological polar surface area (TPSA) is 65.3 Å². The van der Waals surface area contributed by atoms with Gasteiger partial charge in [0.2, 0.25) is 0 Å². The minimum atomic E-state index is -0.875. The molecule has 19 heavy (non-hydrogen) atoms. The summed E-state index contributed by atoms with van der Waals surface area (Å²) in [4.78, 5) is 13.6. The molecule has 0 fully saturated rings. The molecular formula is C11H5ClF2N2O3. The molecule has 98 valence electrons. The van der Waals surface area contributed by atoms with Crippen LogP contribution in [0.25, 0.3) is 0 Å². The first kappa shape index (κ1) is 13.2. The van der Waals surface area contributed by atoms with Gasteiger partial charge in [-0.3, -0.25) is 10.1 Å². The van der Waals surface area contributed by atoms with Crippen LogP contribution < -0.4 is 4.74 Å². The predicted octanol–water partition coefficient (Wildman–Crippen LogP) is 3.71. The second-order valence-corrected chi connectivity index (χ2v) is 3.81. The van der Waals surface area contributed by atoms with Crippen molar-refractivity contribution in [2.24, 2.45) is 0 Å². The van der Waals surface area contributed by atoms with E-state index in [2.05, 4.69) is 4.98 Å². The minimum absolute atomic E-state index is 0.0440.